The number of carbonyl (C=O) groups excluding carboxylic acids is 2. The van der Waals surface area contributed by atoms with Crippen LogP contribution >= 0.6 is 0 Å². The number of hydrogen-bond acceptors (Lipinski definition) is 8. The quantitative estimate of drug-likeness (QED) is 0.101. The van der Waals surface area contributed by atoms with Crippen molar-refractivity contribution in [3.63, 3.8) is 0 Å². The summed E-state index contributed by atoms with van der Waals surface area (Å²) < 4.78 is 22.4. The van der Waals surface area contributed by atoms with E-state index in [4.69, 9.17) is 14.2 Å². The van der Waals surface area contributed by atoms with Gasteiger partial charge in [0.25, 0.3) is 0 Å². The molecule has 10 nitrogen and oxygen atoms in total. The molecule has 2 N–H and O–H groups in total. The van der Waals surface area contributed by atoms with Gasteiger partial charge in [-0.25, -0.2) is 4.79 Å². The Morgan fingerprint density at radius 1 is 1.24 bits per heavy atom. The second-order valence-electron chi connectivity index (χ2n) is 12.5. The summed E-state index contributed by atoms with van der Waals surface area (Å²) in [7, 11) is 3.75. The Hall–Kier alpha value is -1.67. The average Bonchev–Trinajstić information content (AvgIpc) is 3.66. The van der Waals surface area contributed by atoms with Crippen molar-refractivity contribution in [1.29, 1.82) is 0 Å². The van der Waals surface area contributed by atoms with Gasteiger partial charge >= 0.3 is 24.8 Å². The molecule has 254 valence electrons. The summed E-state index contributed by atoms with van der Waals surface area (Å²) in [4.78, 5) is 35.9. The molecule has 0 spiro atoms. The van der Waals surface area contributed by atoms with Crippen LogP contribution in [0.4, 0.5) is 0 Å². The molecule has 2 fully saturated rings. The Labute approximate surface area is 284 Å². The summed E-state index contributed by atoms with van der Waals surface area (Å²) in [6.07, 6.45) is 9.87. The first-order chi connectivity index (χ1) is 20.8. The smallest absolute Gasteiger partial charge is 0.651 e. The van der Waals surface area contributed by atoms with Gasteiger partial charge in [-0.2, -0.15) is 0 Å². The number of allylic oxidation sites excluding steroid dienone is 3. The third kappa shape index (κ3) is 15.2. The molecule has 45 heavy (non-hydrogen) atoms. The SMILES string of the molecule is CC[C@H](OC)[C@@H](C)[C@H]1O[C@]1(C)C[C@H](C)/C=C/C=C(\C)[C@H]1O[C@@H](CC(=O)N[C@@H](CO[C-]=O)C(=O)O)CC[C@@H]1C.[CH2-]CN(C)C[CH2-].[Li+]. The molecular weight excluding hydrogens is 571 g/mol. The number of ether oxygens (including phenoxy) is 4. The number of hydrogen-bond donors (Lipinski definition) is 2. The normalized spacial score (nSPS) is 27.3. The minimum atomic E-state index is -1.31. The van der Waals surface area contributed by atoms with Crippen molar-refractivity contribution >= 4 is 18.3 Å². The van der Waals surface area contributed by atoms with Crippen molar-refractivity contribution in [2.45, 2.75) is 110 Å². The van der Waals surface area contributed by atoms with Crippen LogP contribution < -0.4 is 24.2 Å². The third-order valence-corrected chi connectivity index (χ3v) is 8.60. The third-order valence-electron chi connectivity index (χ3n) is 8.60. The van der Waals surface area contributed by atoms with E-state index in [1.807, 2.05) is 18.9 Å². The largest absolute Gasteiger partial charge is 1.00 e. The molecule has 2 rings (SSSR count). The molecule has 9 atom stereocenters. The first-order valence-corrected chi connectivity index (χ1v) is 15.8. The summed E-state index contributed by atoms with van der Waals surface area (Å²) in [6.45, 7) is 22.6. The molecular formula is C34H57LiN2O8-2. The zero-order valence-electron chi connectivity index (χ0n) is 29.2. The number of nitrogens with zero attached hydrogens (tertiary/aromatic N) is 1. The van der Waals surface area contributed by atoms with Crippen LogP contribution in [0.15, 0.2) is 23.8 Å². The summed E-state index contributed by atoms with van der Waals surface area (Å²) in [5.74, 6) is -0.746. The van der Waals surface area contributed by atoms with E-state index in [2.05, 4.69) is 76.7 Å². The van der Waals surface area contributed by atoms with E-state index in [0.717, 1.165) is 37.9 Å². The zero-order chi connectivity index (χ0) is 33.4. The van der Waals surface area contributed by atoms with Gasteiger partial charge < -0.3 is 52.9 Å². The minimum absolute atomic E-state index is 0. The van der Waals surface area contributed by atoms with Crippen LogP contribution in [-0.2, 0) is 33.3 Å². The van der Waals surface area contributed by atoms with Crippen molar-refractivity contribution in [3.05, 3.63) is 37.6 Å². The molecule has 0 radical (unpaired) electrons. The Morgan fingerprint density at radius 2 is 1.89 bits per heavy atom. The molecule has 2 aliphatic rings. The maximum absolute atomic E-state index is 12.4. The fraction of sp³-hybridized carbons (Fsp3) is 0.735. The van der Waals surface area contributed by atoms with E-state index >= 15 is 0 Å². The van der Waals surface area contributed by atoms with E-state index in [1.165, 1.54) is 6.47 Å². The van der Waals surface area contributed by atoms with Crippen LogP contribution in [0.3, 0.4) is 0 Å². The van der Waals surface area contributed by atoms with Crippen molar-refractivity contribution in [1.82, 2.24) is 10.2 Å². The zero-order valence-corrected chi connectivity index (χ0v) is 29.2. The topological polar surface area (TPSA) is 127 Å². The molecule has 2 saturated heterocycles. The van der Waals surface area contributed by atoms with E-state index in [1.54, 1.807) is 7.11 Å². The van der Waals surface area contributed by atoms with Crippen LogP contribution in [0, 0.1) is 31.6 Å². The molecule has 0 bridgehead atoms. The Morgan fingerprint density at radius 3 is 2.40 bits per heavy atom. The Bertz CT molecular complexity index is 939. The number of carboxylic acids is 1. The van der Waals surface area contributed by atoms with Crippen molar-refractivity contribution in [2.75, 3.05) is 33.9 Å². The molecule has 0 aromatic carbocycles. The van der Waals surface area contributed by atoms with Crippen molar-refractivity contribution in [3.8, 4) is 0 Å². The van der Waals surface area contributed by atoms with Crippen LogP contribution in [-0.4, -0.2) is 98.3 Å². The van der Waals surface area contributed by atoms with Crippen LogP contribution in [0.1, 0.15) is 73.6 Å². The van der Waals surface area contributed by atoms with Gasteiger partial charge in [0.1, 0.15) is 0 Å². The van der Waals surface area contributed by atoms with Gasteiger partial charge in [-0.15, -0.1) is 13.1 Å². The molecule has 0 aromatic heterocycles. The molecule has 11 heteroatoms. The number of nitrogens with one attached hydrogen (secondary N) is 1. The van der Waals surface area contributed by atoms with E-state index in [-0.39, 0.29) is 55.3 Å². The molecule has 0 saturated carbocycles. The van der Waals surface area contributed by atoms with Gasteiger partial charge in [-0.1, -0.05) is 52.4 Å². The van der Waals surface area contributed by atoms with Gasteiger partial charge in [0.05, 0.1) is 43.0 Å². The van der Waals surface area contributed by atoms with Gasteiger partial charge in [0.15, 0.2) is 6.04 Å². The summed E-state index contributed by atoms with van der Waals surface area (Å²) in [5, 5.41) is 11.6. The van der Waals surface area contributed by atoms with Gasteiger partial charge in [-0.05, 0) is 64.0 Å². The fourth-order valence-corrected chi connectivity index (χ4v) is 5.81. The Kier molecular flexibility index (Phi) is 21.2. The van der Waals surface area contributed by atoms with E-state index < -0.39 is 24.5 Å². The number of amides is 1. The van der Waals surface area contributed by atoms with E-state index in [9.17, 15) is 19.5 Å². The van der Waals surface area contributed by atoms with Crippen LogP contribution in [0.2, 0.25) is 0 Å². The number of carbonyl (C=O) groups is 2. The van der Waals surface area contributed by atoms with Crippen LogP contribution in [0.25, 0.3) is 0 Å². The maximum Gasteiger partial charge on any atom is 1.00 e. The second kappa shape index (κ2) is 22.0. The van der Waals surface area contributed by atoms with Crippen molar-refractivity contribution in [2.24, 2.45) is 17.8 Å². The summed E-state index contributed by atoms with van der Waals surface area (Å²) in [5.41, 5.74) is 0.954. The van der Waals surface area contributed by atoms with E-state index in [0.29, 0.717) is 24.2 Å². The predicted octanol–water partition coefficient (Wildman–Crippen LogP) is 1.55. The average molecular weight is 629 g/mol. The molecule has 1 amide bonds. The molecule has 0 unspecified atom stereocenters. The first-order valence-electron chi connectivity index (χ1n) is 15.8. The minimum Gasteiger partial charge on any atom is -0.651 e. The maximum atomic E-state index is 12.4. The summed E-state index contributed by atoms with van der Waals surface area (Å²) >= 11 is 0. The molecule has 0 aliphatic carbocycles. The summed E-state index contributed by atoms with van der Waals surface area (Å²) in [6, 6.07) is -1.31. The fourth-order valence-electron chi connectivity index (χ4n) is 5.81. The number of epoxide rings is 1. The van der Waals surface area contributed by atoms with Crippen LogP contribution in [0.5, 0.6) is 0 Å². The molecule has 2 heterocycles. The van der Waals surface area contributed by atoms with Gasteiger partial charge in [0.2, 0.25) is 5.91 Å². The molecule has 2 aliphatic heterocycles. The number of methoxy groups -OCH3 is 1. The van der Waals surface area contributed by atoms with Gasteiger partial charge in [0, 0.05) is 13.0 Å². The molecule has 0 aromatic rings. The predicted molar refractivity (Wildman–Crippen MR) is 171 cm³/mol. The van der Waals surface area contributed by atoms with Crippen molar-refractivity contribution < 1.29 is 57.3 Å². The van der Waals surface area contributed by atoms with Gasteiger partial charge in [-0.3, -0.25) is 4.79 Å². The standard InChI is InChI=1S/C29H46NO8.C5H11N.Li/c1-8-24(35-7)21(5)27-29(6,38-27)15-18(2)10-9-11-19(3)26-20(4)12-13-22(37-26)14-25(32)30-23(28(33)34)16-36-17-31;1-4-6(3)5-2;/h9-11,18,20-24,26-27H,8,12-16H2,1-7H3,(H,30,32)(H,33,34);1-2,4-5H2,3H3;/q-1;-2;+1/b10-9+,19-11+;;/t18-,20+,21-,22-,23+,24+,26-,27-,29-;;/m1../s1. The Balaban J connectivity index is 0.00000251. The first kappa shape index (κ1) is 43.3. The second-order valence-corrected chi connectivity index (χ2v) is 12.5. The number of carboxylic acid groups (broad SMARTS) is 1. The monoisotopic (exact) mass is 628 g/mol. The number of aliphatic carboxylic acids is 1. The number of rotatable bonds is 18.